The Balaban J connectivity index is 2.48. The van der Waals surface area contributed by atoms with Crippen LogP contribution >= 0.6 is 0 Å². The Labute approximate surface area is 109 Å². The van der Waals surface area contributed by atoms with Crippen molar-refractivity contribution in [1.29, 1.82) is 5.26 Å². The van der Waals surface area contributed by atoms with Gasteiger partial charge in [0, 0.05) is 20.2 Å². The molecule has 0 amide bonds. The summed E-state index contributed by atoms with van der Waals surface area (Å²) in [5.41, 5.74) is 2.85. The highest BCUT2D eigenvalue weighted by atomic mass is 15.2. The normalized spacial score (nSPS) is 15.3. The maximum atomic E-state index is 9.45. The van der Waals surface area contributed by atoms with Gasteiger partial charge in [-0.3, -0.25) is 4.90 Å². The summed E-state index contributed by atoms with van der Waals surface area (Å²) in [6, 6.07) is 4.39. The molecule has 2 heterocycles. The fourth-order valence-corrected chi connectivity index (χ4v) is 2.50. The van der Waals surface area contributed by atoms with Crippen molar-refractivity contribution >= 4 is 11.5 Å². The first-order valence-corrected chi connectivity index (χ1v) is 6.53. The van der Waals surface area contributed by atoms with Crippen LogP contribution in [-0.4, -0.2) is 27.2 Å². The second kappa shape index (κ2) is 5.26. The smallest absolute Gasteiger partial charge is 0.294 e. The van der Waals surface area contributed by atoms with Crippen LogP contribution in [0.2, 0.25) is 0 Å². The Morgan fingerprint density at radius 1 is 1.28 bits per heavy atom. The van der Waals surface area contributed by atoms with Gasteiger partial charge in [-0.1, -0.05) is 0 Å². The number of hydrogen-bond acceptors (Lipinski definition) is 3. The highest BCUT2D eigenvalue weighted by Crippen LogP contribution is 2.27. The van der Waals surface area contributed by atoms with Crippen molar-refractivity contribution in [2.24, 2.45) is 0 Å². The molecule has 4 nitrogen and oxygen atoms in total. The predicted octanol–water partition coefficient (Wildman–Crippen LogP) is 1.74. The molecule has 0 unspecified atom stereocenters. The van der Waals surface area contributed by atoms with Crippen LogP contribution in [0.4, 0.5) is 11.5 Å². The van der Waals surface area contributed by atoms with E-state index in [2.05, 4.69) is 16.0 Å². The molecule has 0 spiro atoms. The number of aromatic amines is 1. The molecule has 0 aliphatic carbocycles. The molecule has 18 heavy (non-hydrogen) atoms. The van der Waals surface area contributed by atoms with Crippen LogP contribution in [0.5, 0.6) is 0 Å². The lowest BCUT2D eigenvalue weighted by molar-refractivity contribution is -0.374. The maximum absolute atomic E-state index is 9.45. The molecule has 0 bridgehead atoms. The summed E-state index contributed by atoms with van der Waals surface area (Å²) in [6.07, 6.45) is 3.72. The number of pyridine rings is 1. The third-order valence-electron chi connectivity index (χ3n) is 3.43. The van der Waals surface area contributed by atoms with Gasteiger partial charge in [-0.2, -0.15) is 5.26 Å². The first kappa shape index (κ1) is 12.7. The molecule has 0 saturated carbocycles. The van der Waals surface area contributed by atoms with Crippen molar-refractivity contribution in [2.45, 2.75) is 26.2 Å². The van der Waals surface area contributed by atoms with Crippen molar-refractivity contribution < 1.29 is 4.98 Å². The number of hydrogen-bond donors (Lipinski definition) is 0. The molecule has 96 valence electrons. The Bertz CT molecular complexity index is 467. The standard InChI is InChI=1S/C14H20N4/c1-11-9-13(17(2)3)12(10-15)14(16-11)18-7-5-4-6-8-18/h9H,4-8H2,1-3H3/p+1. The Morgan fingerprint density at radius 2 is 1.94 bits per heavy atom. The number of H-pyrrole nitrogens is 1. The number of nitriles is 1. The molecule has 1 aromatic rings. The molecule has 1 aromatic heterocycles. The van der Waals surface area contributed by atoms with Crippen molar-refractivity contribution in [3.05, 3.63) is 17.3 Å². The highest BCUT2D eigenvalue weighted by Gasteiger charge is 2.26. The molecule has 1 aliphatic heterocycles. The van der Waals surface area contributed by atoms with Gasteiger partial charge in [-0.15, -0.1) is 0 Å². The van der Waals surface area contributed by atoms with E-state index < -0.39 is 0 Å². The molecule has 4 heteroatoms. The van der Waals surface area contributed by atoms with Crippen LogP contribution in [0.1, 0.15) is 30.5 Å². The lowest BCUT2D eigenvalue weighted by Gasteiger charge is -2.24. The quantitative estimate of drug-likeness (QED) is 0.797. The minimum Gasteiger partial charge on any atom is -0.376 e. The summed E-state index contributed by atoms with van der Waals surface area (Å²) in [5, 5.41) is 9.45. The molecule has 2 rings (SSSR count). The van der Waals surface area contributed by atoms with E-state index in [1.807, 2.05) is 32.0 Å². The van der Waals surface area contributed by atoms with Gasteiger partial charge in [0.1, 0.15) is 11.8 Å². The maximum Gasteiger partial charge on any atom is 0.294 e. The van der Waals surface area contributed by atoms with E-state index >= 15 is 0 Å². The number of nitrogens with one attached hydrogen (secondary N) is 1. The van der Waals surface area contributed by atoms with Gasteiger partial charge in [0.25, 0.3) is 5.82 Å². The zero-order chi connectivity index (χ0) is 13.1. The van der Waals surface area contributed by atoms with E-state index in [0.29, 0.717) is 0 Å². The van der Waals surface area contributed by atoms with Gasteiger partial charge in [0.15, 0.2) is 5.56 Å². The zero-order valence-electron chi connectivity index (χ0n) is 11.5. The van der Waals surface area contributed by atoms with Gasteiger partial charge in [-0.05, 0) is 26.2 Å². The number of nitrogens with zero attached hydrogens (tertiary/aromatic N) is 3. The van der Waals surface area contributed by atoms with Gasteiger partial charge in [0.05, 0.1) is 18.8 Å². The summed E-state index contributed by atoms with van der Waals surface area (Å²) in [6.45, 7) is 4.13. The highest BCUT2D eigenvalue weighted by molar-refractivity contribution is 5.67. The minimum absolute atomic E-state index is 0.757. The van der Waals surface area contributed by atoms with Crippen molar-refractivity contribution in [1.82, 2.24) is 0 Å². The lowest BCUT2D eigenvalue weighted by Crippen LogP contribution is -2.36. The van der Waals surface area contributed by atoms with Crippen LogP contribution < -0.4 is 14.8 Å². The number of rotatable bonds is 2. The average molecular weight is 245 g/mol. The predicted molar refractivity (Wildman–Crippen MR) is 72.8 cm³/mol. The second-order valence-corrected chi connectivity index (χ2v) is 5.12. The van der Waals surface area contributed by atoms with E-state index in [1.165, 1.54) is 19.3 Å². The van der Waals surface area contributed by atoms with Gasteiger partial charge in [-0.25, -0.2) is 4.98 Å². The van der Waals surface area contributed by atoms with E-state index in [1.54, 1.807) is 0 Å². The number of aromatic nitrogens is 1. The largest absolute Gasteiger partial charge is 0.376 e. The molecule has 0 radical (unpaired) electrons. The fourth-order valence-electron chi connectivity index (χ4n) is 2.50. The summed E-state index contributed by atoms with van der Waals surface area (Å²) in [4.78, 5) is 7.68. The third kappa shape index (κ3) is 2.40. The topological polar surface area (TPSA) is 44.4 Å². The molecule has 1 N–H and O–H groups in total. The molecule has 0 atom stereocenters. The minimum atomic E-state index is 0.757. The first-order chi connectivity index (χ1) is 8.63. The number of anilines is 2. The average Bonchev–Trinajstić information content (AvgIpc) is 2.38. The first-order valence-electron chi connectivity index (χ1n) is 6.53. The van der Waals surface area contributed by atoms with Crippen LogP contribution in [-0.2, 0) is 0 Å². The lowest BCUT2D eigenvalue weighted by atomic mass is 10.1. The molecule has 1 aliphatic rings. The summed E-state index contributed by atoms with van der Waals surface area (Å²) < 4.78 is 0. The van der Waals surface area contributed by atoms with Gasteiger partial charge < -0.3 is 4.90 Å². The molecule has 0 aromatic carbocycles. The molecule has 1 fully saturated rings. The number of piperidine rings is 1. The van der Waals surface area contributed by atoms with E-state index in [0.717, 1.165) is 35.9 Å². The third-order valence-corrected chi connectivity index (χ3v) is 3.43. The van der Waals surface area contributed by atoms with Crippen LogP contribution in [0.3, 0.4) is 0 Å². The van der Waals surface area contributed by atoms with Crippen molar-refractivity contribution in [3.63, 3.8) is 0 Å². The Hall–Kier alpha value is -1.76. The molecular formula is C14H21N4+. The SMILES string of the molecule is Cc1cc(N(C)C)c(C#N)c(N2CCCCC2)[nH+]1. The monoisotopic (exact) mass is 245 g/mol. The molecular weight excluding hydrogens is 224 g/mol. The van der Waals surface area contributed by atoms with Crippen LogP contribution in [0.25, 0.3) is 0 Å². The van der Waals surface area contributed by atoms with Crippen LogP contribution in [0, 0.1) is 18.3 Å². The van der Waals surface area contributed by atoms with E-state index in [-0.39, 0.29) is 0 Å². The summed E-state index contributed by atoms with van der Waals surface area (Å²) in [7, 11) is 3.96. The summed E-state index contributed by atoms with van der Waals surface area (Å²) >= 11 is 0. The number of aryl methyl sites for hydroxylation is 1. The van der Waals surface area contributed by atoms with E-state index in [9.17, 15) is 5.26 Å². The van der Waals surface area contributed by atoms with Crippen molar-refractivity contribution in [3.8, 4) is 6.07 Å². The fraction of sp³-hybridized carbons (Fsp3) is 0.571. The van der Waals surface area contributed by atoms with Crippen LogP contribution in [0.15, 0.2) is 6.07 Å². The van der Waals surface area contributed by atoms with E-state index in [4.69, 9.17) is 0 Å². The second-order valence-electron chi connectivity index (χ2n) is 5.12. The zero-order valence-corrected chi connectivity index (χ0v) is 11.5. The molecule has 1 saturated heterocycles. The Morgan fingerprint density at radius 3 is 2.50 bits per heavy atom. The van der Waals surface area contributed by atoms with Crippen molar-refractivity contribution in [2.75, 3.05) is 37.0 Å². The Kier molecular flexibility index (Phi) is 3.71. The summed E-state index contributed by atoms with van der Waals surface area (Å²) in [5.74, 6) is 0.987. The van der Waals surface area contributed by atoms with Gasteiger partial charge in [0.2, 0.25) is 0 Å². The van der Waals surface area contributed by atoms with Gasteiger partial charge >= 0.3 is 0 Å².